The molecule has 1 fully saturated rings. The van der Waals surface area contributed by atoms with Gasteiger partial charge in [0.05, 0.1) is 12.9 Å². The van der Waals surface area contributed by atoms with Crippen molar-refractivity contribution in [1.29, 1.82) is 0 Å². The zero-order valence-corrected chi connectivity index (χ0v) is 21.2. The predicted octanol–water partition coefficient (Wildman–Crippen LogP) is -4.19. The van der Waals surface area contributed by atoms with Crippen molar-refractivity contribution < 1.29 is 49.4 Å². The van der Waals surface area contributed by atoms with E-state index in [4.69, 9.17) is 31.5 Å². The van der Waals surface area contributed by atoms with E-state index in [1.807, 2.05) is 0 Å². The van der Waals surface area contributed by atoms with E-state index >= 15 is 0 Å². The molecule has 1 saturated heterocycles. The maximum atomic E-state index is 11.5. The molecule has 6 atom stereocenters. The minimum atomic E-state index is -1.22. The summed E-state index contributed by atoms with van der Waals surface area (Å²) < 4.78 is 6.85. The molecule has 11 N–H and O–H groups in total. The summed E-state index contributed by atoms with van der Waals surface area (Å²) in [7, 11) is 0. The lowest BCUT2D eigenvalue weighted by Gasteiger charge is -2.16. The summed E-state index contributed by atoms with van der Waals surface area (Å²) >= 11 is 3.87. The Balaban J connectivity index is 0.000000273. The van der Waals surface area contributed by atoms with Crippen molar-refractivity contribution in [3.8, 4) is 0 Å². The minimum Gasteiger partial charge on any atom is -0.480 e. The molecule has 2 aromatic heterocycles. The number of carbonyl (C=O) groups excluding carboxylic acids is 2. The Morgan fingerprint density at radius 1 is 1.15 bits per heavy atom. The lowest BCUT2D eigenvalue weighted by atomic mass is 10.1. The Morgan fingerprint density at radius 3 is 2.41 bits per heavy atom. The van der Waals surface area contributed by atoms with Crippen molar-refractivity contribution in [3.63, 3.8) is 0 Å². The fourth-order valence-electron chi connectivity index (χ4n) is 3.32. The van der Waals surface area contributed by atoms with Crippen LogP contribution in [0.2, 0.25) is 0 Å². The highest BCUT2D eigenvalue weighted by atomic mass is 32.1. The zero-order chi connectivity index (χ0) is 29.3. The fraction of sp³-hybridized carbons (Fsp3) is 0.550. The number of aliphatic carboxylic acids is 2. The molecule has 1 aliphatic heterocycles. The van der Waals surface area contributed by atoms with Gasteiger partial charge in [0.15, 0.2) is 17.7 Å². The molecule has 39 heavy (non-hydrogen) atoms. The summed E-state index contributed by atoms with van der Waals surface area (Å²) in [6.07, 6.45) is -1.66. The van der Waals surface area contributed by atoms with E-state index in [9.17, 15) is 29.4 Å². The fourth-order valence-corrected chi connectivity index (χ4v) is 3.58. The highest BCUT2D eigenvalue weighted by Crippen LogP contribution is 2.31. The van der Waals surface area contributed by atoms with Crippen LogP contribution in [0.1, 0.15) is 19.1 Å². The topological polar surface area (TPSA) is 298 Å². The van der Waals surface area contributed by atoms with Gasteiger partial charge in [0, 0.05) is 12.2 Å². The van der Waals surface area contributed by atoms with Crippen LogP contribution in [-0.4, -0.2) is 118 Å². The third kappa shape index (κ3) is 8.43. The van der Waals surface area contributed by atoms with E-state index in [-0.39, 0.29) is 24.4 Å². The molecule has 0 bridgehead atoms. The first-order valence-electron chi connectivity index (χ1n) is 11.3. The number of carbonyl (C=O) groups is 4. The monoisotopic (exact) mass is 574 g/mol. The molecule has 0 aromatic carbocycles. The number of ether oxygens (including phenoxy) is 1. The number of nitrogen functional groups attached to an aromatic ring is 1. The van der Waals surface area contributed by atoms with E-state index in [0.717, 1.165) is 0 Å². The number of nitrogens with two attached hydrogens (primary N) is 2. The van der Waals surface area contributed by atoms with Gasteiger partial charge in [-0.15, -0.1) is 0 Å². The van der Waals surface area contributed by atoms with Crippen LogP contribution in [0.15, 0.2) is 12.7 Å². The molecule has 0 radical (unpaired) electrons. The average Bonchev–Trinajstić information content (AvgIpc) is 3.45. The molecule has 3 rings (SSSR count). The van der Waals surface area contributed by atoms with Crippen molar-refractivity contribution in [2.45, 2.75) is 49.5 Å². The molecular weight excluding hydrogens is 544 g/mol. The van der Waals surface area contributed by atoms with Crippen LogP contribution in [-0.2, 0) is 23.9 Å². The molecule has 0 saturated carbocycles. The van der Waals surface area contributed by atoms with Crippen LogP contribution in [0.4, 0.5) is 5.82 Å². The third-order valence-electron chi connectivity index (χ3n) is 5.43. The summed E-state index contributed by atoms with van der Waals surface area (Å²) in [4.78, 5) is 55.6. The number of rotatable bonds is 11. The molecule has 18 nitrogen and oxygen atoms in total. The van der Waals surface area contributed by atoms with Gasteiger partial charge in [-0.05, 0) is 6.42 Å². The van der Waals surface area contributed by atoms with Crippen molar-refractivity contribution in [1.82, 2.24) is 30.2 Å². The van der Waals surface area contributed by atoms with Crippen LogP contribution in [0.3, 0.4) is 0 Å². The van der Waals surface area contributed by atoms with Gasteiger partial charge < -0.3 is 52.4 Å². The standard InChI is InChI=1S/C10H13N5O4.C10H17N3O6S/c11-8-5-9(13-2-12-8)15(3-14-5)10-7(18)6(17)4(1-16)19-10;11-5(10(18)19)1-2-7(14)13-6(4-20)9(17)12-3-8(15)16/h2-4,6-7,10,16-18H,1H2,(H2,11,12,13);5-6,20H,1-4,11H2,(H,12,17)(H,13,14)(H,15,16)(H,18,19)/t4-,6-,7-,10-;5-,6-/m10/s1. The number of aliphatic hydroxyl groups excluding tert-OH is 3. The highest BCUT2D eigenvalue weighted by molar-refractivity contribution is 7.80. The molecule has 216 valence electrons. The van der Waals surface area contributed by atoms with Crippen molar-refractivity contribution in [3.05, 3.63) is 12.7 Å². The van der Waals surface area contributed by atoms with Gasteiger partial charge in [-0.25, -0.2) is 15.0 Å². The number of imidazole rings is 1. The molecule has 0 aliphatic carbocycles. The smallest absolute Gasteiger partial charge is 0.322 e. The number of aliphatic hydroxyl groups is 3. The highest BCUT2D eigenvalue weighted by Gasteiger charge is 2.44. The lowest BCUT2D eigenvalue weighted by molar-refractivity contribution is -0.139. The van der Waals surface area contributed by atoms with Gasteiger partial charge in [0.1, 0.15) is 48.8 Å². The number of nitrogens with one attached hydrogen (secondary N) is 2. The second kappa shape index (κ2) is 14.5. The Hall–Kier alpha value is -3.62. The van der Waals surface area contributed by atoms with Gasteiger partial charge in [-0.3, -0.25) is 23.7 Å². The molecular formula is C20H30N8O10S. The van der Waals surface area contributed by atoms with Crippen LogP contribution in [0.5, 0.6) is 0 Å². The predicted molar refractivity (Wildman–Crippen MR) is 134 cm³/mol. The first-order chi connectivity index (χ1) is 18.4. The summed E-state index contributed by atoms with van der Waals surface area (Å²) in [6, 6.07) is -2.15. The van der Waals surface area contributed by atoms with Crippen LogP contribution >= 0.6 is 12.6 Å². The maximum absolute atomic E-state index is 11.5. The minimum absolute atomic E-state index is 0.0256. The number of fused-ring (bicyclic) bond motifs is 1. The van der Waals surface area contributed by atoms with E-state index in [0.29, 0.717) is 11.2 Å². The van der Waals surface area contributed by atoms with Crippen molar-refractivity contribution >= 4 is 53.4 Å². The van der Waals surface area contributed by atoms with Crippen molar-refractivity contribution in [2.24, 2.45) is 5.73 Å². The first kappa shape index (κ1) is 31.6. The molecule has 3 heterocycles. The van der Waals surface area contributed by atoms with E-state index < -0.39 is 73.5 Å². The number of amides is 2. The quantitative estimate of drug-likeness (QED) is 0.114. The van der Waals surface area contributed by atoms with Crippen LogP contribution < -0.4 is 22.1 Å². The van der Waals surface area contributed by atoms with Crippen molar-refractivity contribution in [2.75, 3.05) is 24.6 Å². The van der Waals surface area contributed by atoms with E-state index in [2.05, 4.69) is 38.2 Å². The van der Waals surface area contributed by atoms with Gasteiger partial charge in [-0.2, -0.15) is 12.6 Å². The number of thiol groups is 1. The van der Waals surface area contributed by atoms with Gasteiger partial charge >= 0.3 is 11.9 Å². The second-order valence-corrected chi connectivity index (χ2v) is 8.57. The largest absolute Gasteiger partial charge is 0.480 e. The molecule has 0 spiro atoms. The number of carboxylic acid groups (broad SMARTS) is 2. The van der Waals surface area contributed by atoms with Crippen LogP contribution in [0, 0.1) is 0 Å². The number of hydrogen-bond acceptors (Lipinski definition) is 14. The first-order valence-corrected chi connectivity index (χ1v) is 12.0. The summed E-state index contributed by atoms with van der Waals surface area (Å²) in [5, 5.41) is 50.1. The number of anilines is 1. The summed E-state index contributed by atoms with van der Waals surface area (Å²) in [6.45, 7) is -0.957. The van der Waals surface area contributed by atoms with Crippen LogP contribution in [0.25, 0.3) is 11.2 Å². The molecule has 2 amide bonds. The SMILES string of the molecule is N[C@@H](CCC(=O)N[C@@H](CS)C(=O)NCC(=O)O)C(=O)O.Nc1ncnc2c1ncn2[C@@H]1O[C@H](CO)[C@@H](O)[C@H]1O. The summed E-state index contributed by atoms with van der Waals surface area (Å²) in [5.41, 5.74) is 11.7. The molecule has 19 heteroatoms. The average molecular weight is 575 g/mol. The molecule has 0 unspecified atom stereocenters. The third-order valence-corrected chi connectivity index (χ3v) is 5.79. The lowest BCUT2D eigenvalue weighted by Crippen LogP contribution is -2.49. The van der Waals surface area contributed by atoms with Gasteiger partial charge in [0.2, 0.25) is 11.8 Å². The summed E-state index contributed by atoms with van der Waals surface area (Å²) in [5.74, 6) is -3.49. The Labute approximate surface area is 225 Å². The molecule has 1 aliphatic rings. The van der Waals surface area contributed by atoms with Gasteiger partial charge in [-0.1, -0.05) is 0 Å². The van der Waals surface area contributed by atoms with Gasteiger partial charge in [0.25, 0.3) is 0 Å². The second-order valence-electron chi connectivity index (χ2n) is 8.21. The normalized spacial score (nSPS) is 21.9. The van der Waals surface area contributed by atoms with E-state index in [1.54, 1.807) is 0 Å². The maximum Gasteiger partial charge on any atom is 0.322 e. The number of carboxylic acids is 2. The number of nitrogens with zero attached hydrogens (tertiary/aromatic N) is 4. The zero-order valence-electron chi connectivity index (χ0n) is 20.3. The Bertz CT molecular complexity index is 1170. The number of aromatic nitrogens is 4. The Kier molecular flexibility index (Phi) is 11.8. The molecule has 2 aromatic rings. The van der Waals surface area contributed by atoms with E-state index in [1.165, 1.54) is 17.2 Å². The number of hydrogen-bond donors (Lipinski definition) is 10. The Morgan fingerprint density at radius 2 is 1.85 bits per heavy atom.